The second kappa shape index (κ2) is 7.13. The zero-order chi connectivity index (χ0) is 16.9. The van der Waals surface area contributed by atoms with Gasteiger partial charge in [0.15, 0.2) is 6.61 Å². The monoisotopic (exact) mass is 321 g/mol. The van der Waals surface area contributed by atoms with Crippen LogP contribution in [0, 0.1) is 0 Å². The zero-order valence-electron chi connectivity index (χ0n) is 13.5. The molecule has 0 N–H and O–H groups in total. The van der Waals surface area contributed by atoms with Crippen molar-refractivity contribution >= 4 is 23.6 Å². The highest BCUT2D eigenvalue weighted by Gasteiger charge is 2.30. The summed E-state index contributed by atoms with van der Waals surface area (Å²) in [7, 11) is 0. The molecule has 1 amide bonds. The van der Waals surface area contributed by atoms with Crippen molar-refractivity contribution in [3.05, 3.63) is 71.8 Å². The van der Waals surface area contributed by atoms with E-state index >= 15 is 0 Å². The van der Waals surface area contributed by atoms with Gasteiger partial charge in [-0.1, -0.05) is 48.5 Å². The van der Waals surface area contributed by atoms with Crippen molar-refractivity contribution in [2.45, 2.75) is 19.4 Å². The van der Waals surface area contributed by atoms with Crippen molar-refractivity contribution < 1.29 is 14.3 Å². The number of nitrogens with zero attached hydrogens (tertiary/aromatic N) is 1. The fourth-order valence-corrected chi connectivity index (χ4v) is 2.92. The lowest BCUT2D eigenvalue weighted by molar-refractivity contribution is -0.143. The van der Waals surface area contributed by atoms with Crippen LogP contribution < -0.4 is 4.90 Å². The Hall–Kier alpha value is -2.88. The highest BCUT2D eigenvalue weighted by atomic mass is 16.5. The average molecular weight is 321 g/mol. The second-order valence-corrected chi connectivity index (χ2v) is 5.80. The molecule has 0 fully saturated rings. The molecular formula is C20H19NO3. The van der Waals surface area contributed by atoms with Gasteiger partial charge in [-0.3, -0.25) is 4.79 Å². The van der Waals surface area contributed by atoms with Gasteiger partial charge in [-0.25, -0.2) is 4.79 Å². The van der Waals surface area contributed by atoms with Crippen molar-refractivity contribution in [2.75, 3.05) is 11.5 Å². The molecule has 0 saturated heterocycles. The fourth-order valence-electron chi connectivity index (χ4n) is 2.92. The van der Waals surface area contributed by atoms with E-state index in [9.17, 15) is 9.59 Å². The maximum absolute atomic E-state index is 12.4. The quantitative estimate of drug-likeness (QED) is 0.641. The molecule has 1 heterocycles. The van der Waals surface area contributed by atoms with Crippen LogP contribution in [-0.2, 0) is 20.7 Å². The number of benzene rings is 2. The van der Waals surface area contributed by atoms with E-state index < -0.39 is 5.97 Å². The molecule has 0 spiro atoms. The lowest BCUT2D eigenvalue weighted by Gasteiger charge is -2.22. The van der Waals surface area contributed by atoms with Crippen LogP contribution in [0.15, 0.2) is 60.7 Å². The standard InChI is InChI=1S/C20H19NO3/c1-15-13-17-9-5-6-10-18(17)21(15)19(22)14-24-20(23)12-11-16-7-3-2-4-8-16/h2-12,15H,13-14H2,1H3/b12-11+/t15-/m1/s1. The summed E-state index contributed by atoms with van der Waals surface area (Å²) in [5, 5.41) is 0. The van der Waals surface area contributed by atoms with Gasteiger partial charge < -0.3 is 9.64 Å². The highest BCUT2D eigenvalue weighted by Crippen LogP contribution is 2.31. The summed E-state index contributed by atoms with van der Waals surface area (Å²) in [6, 6.07) is 17.4. The molecule has 1 aliphatic heterocycles. The Morgan fingerprint density at radius 1 is 1.12 bits per heavy atom. The van der Waals surface area contributed by atoms with Crippen LogP contribution >= 0.6 is 0 Å². The lowest BCUT2D eigenvalue weighted by Crippen LogP contribution is -2.38. The van der Waals surface area contributed by atoms with E-state index in [0.717, 1.165) is 23.2 Å². The number of para-hydroxylation sites is 1. The van der Waals surface area contributed by atoms with Crippen LogP contribution in [0.4, 0.5) is 5.69 Å². The number of esters is 1. The minimum Gasteiger partial charge on any atom is -0.452 e. The molecule has 4 nitrogen and oxygen atoms in total. The number of anilines is 1. The molecule has 0 bridgehead atoms. The van der Waals surface area contributed by atoms with Gasteiger partial charge >= 0.3 is 5.97 Å². The Labute approximate surface area is 141 Å². The Morgan fingerprint density at radius 3 is 2.62 bits per heavy atom. The minimum absolute atomic E-state index is 0.0773. The normalized spacial score (nSPS) is 16.2. The third kappa shape index (κ3) is 3.54. The topological polar surface area (TPSA) is 46.6 Å². The molecule has 0 aromatic heterocycles. The van der Waals surface area contributed by atoms with Crippen molar-refractivity contribution in [1.82, 2.24) is 0 Å². The molecule has 2 aromatic rings. The molecular weight excluding hydrogens is 302 g/mol. The van der Waals surface area contributed by atoms with Gasteiger partial charge in [0, 0.05) is 17.8 Å². The first-order valence-corrected chi connectivity index (χ1v) is 7.95. The molecule has 3 rings (SSSR count). The number of amides is 1. The molecule has 0 aliphatic carbocycles. The first-order chi connectivity index (χ1) is 11.6. The van der Waals surface area contributed by atoms with E-state index in [4.69, 9.17) is 4.74 Å². The maximum atomic E-state index is 12.4. The predicted octanol–water partition coefficient (Wildman–Crippen LogP) is 3.22. The van der Waals surface area contributed by atoms with Crippen LogP contribution in [-0.4, -0.2) is 24.5 Å². The van der Waals surface area contributed by atoms with Gasteiger partial charge in [0.25, 0.3) is 5.91 Å². The SMILES string of the molecule is C[C@@H]1Cc2ccccc2N1C(=O)COC(=O)/C=C/c1ccccc1. The van der Waals surface area contributed by atoms with Crippen molar-refractivity contribution in [2.24, 2.45) is 0 Å². The van der Waals surface area contributed by atoms with Crippen molar-refractivity contribution in [3.63, 3.8) is 0 Å². The van der Waals surface area contributed by atoms with Crippen LogP contribution in [0.2, 0.25) is 0 Å². The van der Waals surface area contributed by atoms with Crippen LogP contribution in [0.25, 0.3) is 6.08 Å². The Kier molecular flexibility index (Phi) is 4.75. The molecule has 122 valence electrons. The van der Waals surface area contributed by atoms with Gasteiger partial charge in [-0.15, -0.1) is 0 Å². The highest BCUT2D eigenvalue weighted by molar-refractivity contribution is 5.98. The number of hydrogen-bond acceptors (Lipinski definition) is 3. The van der Waals surface area contributed by atoms with Crippen molar-refractivity contribution in [1.29, 1.82) is 0 Å². The number of rotatable bonds is 4. The summed E-state index contributed by atoms with van der Waals surface area (Å²) in [5.41, 5.74) is 2.96. The number of ether oxygens (including phenoxy) is 1. The Bertz CT molecular complexity index is 767. The smallest absolute Gasteiger partial charge is 0.331 e. The third-order valence-corrected chi connectivity index (χ3v) is 4.03. The van der Waals surface area contributed by atoms with E-state index in [1.807, 2.05) is 61.5 Å². The summed E-state index contributed by atoms with van der Waals surface area (Å²) in [6.07, 6.45) is 3.83. The van der Waals surface area contributed by atoms with Gasteiger partial charge in [0.05, 0.1) is 0 Å². The molecule has 0 unspecified atom stereocenters. The molecule has 1 aliphatic rings. The molecule has 4 heteroatoms. The molecule has 0 saturated carbocycles. The summed E-state index contributed by atoms with van der Waals surface area (Å²) < 4.78 is 5.08. The van der Waals surface area contributed by atoms with E-state index in [1.165, 1.54) is 6.08 Å². The number of carbonyl (C=O) groups excluding carboxylic acids is 2. The summed E-state index contributed by atoms with van der Waals surface area (Å²) in [6.45, 7) is 1.74. The fraction of sp³-hybridized carbons (Fsp3) is 0.200. The van der Waals surface area contributed by atoms with Gasteiger partial charge in [0.2, 0.25) is 0 Å². The number of carbonyl (C=O) groups is 2. The van der Waals surface area contributed by atoms with E-state index in [1.54, 1.807) is 11.0 Å². The summed E-state index contributed by atoms with van der Waals surface area (Å²) in [5.74, 6) is -0.721. The van der Waals surface area contributed by atoms with E-state index in [0.29, 0.717) is 0 Å². The number of hydrogen-bond donors (Lipinski definition) is 0. The predicted molar refractivity (Wildman–Crippen MR) is 93.5 cm³/mol. The van der Waals surface area contributed by atoms with Gasteiger partial charge in [0.1, 0.15) is 0 Å². The molecule has 2 aromatic carbocycles. The summed E-state index contributed by atoms with van der Waals surface area (Å²) >= 11 is 0. The minimum atomic E-state index is -0.521. The van der Waals surface area contributed by atoms with Crippen LogP contribution in [0.1, 0.15) is 18.1 Å². The summed E-state index contributed by atoms with van der Waals surface area (Å²) in [4.78, 5) is 25.9. The molecule has 1 atom stereocenters. The molecule has 0 radical (unpaired) electrons. The van der Waals surface area contributed by atoms with E-state index in [-0.39, 0.29) is 18.6 Å². The second-order valence-electron chi connectivity index (χ2n) is 5.80. The Balaban J connectivity index is 1.58. The Morgan fingerprint density at radius 2 is 1.83 bits per heavy atom. The van der Waals surface area contributed by atoms with Crippen LogP contribution in [0.3, 0.4) is 0 Å². The van der Waals surface area contributed by atoms with Gasteiger partial charge in [-0.05, 0) is 36.6 Å². The first kappa shape index (κ1) is 16.0. The van der Waals surface area contributed by atoms with E-state index in [2.05, 4.69) is 0 Å². The largest absolute Gasteiger partial charge is 0.452 e. The maximum Gasteiger partial charge on any atom is 0.331 e. The number of fused-ring (bicyclic) bond motifs is 1. The zero-order valence-corrected chi connectivity index (χ0v) is 13.5. The lowest BCUT2D eigenvalue weighted by atomic mass is 10.1. The van der Waals surface area contributed by atoms with Crippen LogP contribution in [0.5, 0.6) is 0 Å². The molecule has 24 heavy (non-hydrogen) atoms. The average Bonchev–Trinajstić information content (AvgIpc) is 2.94. The third-order valence-electron chi connectivity index (χ3n) is 4.03. The first-order valence-electron chi connectivity index (χ1n) is 7.95. The van der Waals surface area contributed by atoms with Crippen molar-refractivity contribution in [3.8, 4) is 0 Å². The van der Waals surface area contributed by atoms with Gasteiger partial charge in [-0.2, -0.15) is 0 Å².